The average Bonchev–Trinajstić information content (AvgIpc) is 3.44. The summed E-state index contributed by atoms with van der Waals surface area (Å²) >= 11 is 0. The van der Waals surface area contributed by atoms with Crippen LogP contribution >= 0.6 is 0 Å². The van der Waals surface area contributed by atoms with Crippen LogP contribution in [0.15, 0.2) is 24.3 Å². The van der Waals surface area contributed by atoms with Crippen LogP contribution in [-0.4, -0.2) is 59.6 Å². The van der Waals surface area contributed by atoms with E-state index in [-0.39, 0.29) is 35.9 Å². The van der Waals surface area contributed by atoms with Gasteiger partial charge in [-0.15, -0.1) is 0 Å². The van der Waals surface area contributed by atoms with Gasteiger partial charge >= 0.3 is 6.18 Å². The minimum Gasteiger partial charge on any atom is -0.337 e. The minimum absolute atomic E-state index is 0.114. The molecule has 2 unspecified atom stereocenters. The van der Waals surface area contributed by atoms with Crippen LogP contribution < -0.4 is 0 Å². The smallest absolute Gasteiger partial charge is 0.337 e. The van der Waals surface area contributed by atoms with Gasteiger partial charge < -0.3 is 4.90 Å². The van der Waals surface area contributed by atoms with E-state index in [1.54, 1.807) is 17.0 Å². The van der Waals surface area contributed by atoms with Crippen molar-refractivity contribution in [3.8, 4) is 0 Å². The second-order valence-electron chi connectivity index (χ2n) is 9.36. The van der Waals surface area contributed by atoms with Gasteiger partial charge in [-0.05, 0) is 42.2 Å². The number of nitrogens with zero attached hydrogens (tertiary/aromatic N) is 3. The third-order valence-electron chi connectivity index (χ3n) is 7.31. The number of sulfonamides is 1. The number of H-pyrrole nitrogens is 1. The Balaban J connectivity index is 1.30. The quantitative estimate of drug-likeness (QED) is 0.729. The van der Waals surface area contributed by atoms with Crippen molar-refractivity contribution >= 4 is 15.9 Å². The molecule has 178 valence electrons. The summed E-state index contributed by atoms with van der Waals surface area (Å²) in [6, 6.07) is 5.77. The highest BCUT2D eigenvalue weighted by Gasteiger charge is 2.46. The lowest BCUT2D eigenvalue weighted by atomic mass is 9.91. The topological polar surface area (TPSA) is 86.4 Å². The average molecular weight is 483 g/mol. The van der Waals surface area contributed by atoms with Crippen molar-refractivity contribution in [2.75, 3.05) is 25.9 Å². The van der Waals surface area contributed by atoms with Crippen LogP contribution in [0.1, 0.15) is 51.6 Å². The van der Waals surface area contributed by atoms with Crippen molar-refractivity contribution in [1.82, 2.24) is 19.4 Å². The van der Waals surface area contributed by atoms with Crippen LogP contribution in [0, 0.1) is 11.8 Å². The molecule has 0 radical (unpaired) electrons. The summed E-state index contributed by atoms with van der Waals surface area (Å²) in [7, 11) is -3.38. The normalized spacial score (nSPS) is 25.8. The number of aromatic nitrogens is 2. The number of carbonyl (C=O) groups is 1. The zero-order valence-electron chi connectivity index (χ0n) is 18.1. The highest BCUT2D eigenvalue weighted by atomic mass is 32.2. The predicted octanol–water partition coefficient (Wildman–Crippen LogP) is 3.01. The third-order valence-corrected chi connectivity index (χ3v) is 8.56. The van der Waals surface area contributed by atoms with Crippen LogP contribution in [0.3, 0.4) is 0 Å². The molecule has 1 aromatic carbocycles. The lowest BCUT2D eigenvalue weighted by Crippen LogP contribution is -2.36. The zero-order chi connectivity index (χ0) is 23.5. The van der Waals surface area contributed by atoms with E-state index < -0.39 is 21.8 Å². The number of alkyl halides is 3. The van der Waals surface area contributed by atoms with Crippen molar-refractivity contribution in [3.05, 3.63) is 52.3 Å². The van der Waals surface area contributed by atoms with Crippen molar-refractivity contribution in [1.29, 1.82) is 0 Å². The Labute approximate surface area is 190 Å². The Hall–Kier alpha value is -2.40. The Morgan fingerprint density at radius 1 is 1.15 bits per heavy atom. The molecule has 3 aliphatic rings. The van der Waals surface area contributed by atoms with Gasteiger partial charge in [0.15, 0.2) is 5.69 Å². The van der Waals surface area contributed by atoms with Crippen LogP contribution in [-0.2, 0) is 29.2 Å². The van der Waals surface area contributed by atoms with Gasteiger partial charge in [-0.3, -0.25) is 9.89 Å². The summed E-state index contributed by atoms with van der Waals surface area (Å²) in [5, 5.41) is 7.07. The molecule has 2 aliphatic heterocycles. The van der Waals surface area contributed by atoms with E-state index in [2.05, 4.69) is 10.2 Å². The summed E-state index contributed by atoms with van der Waals surface area (Å²) in [5.74, 6) is -0.133. The fraction of sp³-hybridized carbons (Fsp3) is 0.545. The second kappa shape index (κ2) is 7.83. The Morgan fingerprint density at radius 2 is 1.82 bits per heavy atom. The first kappa shape index (κ1) is 22.4. The number of likely N-dealkylation sites (tertiary alicyclic amines) is 1. The molecule has 1 aliphatic carbocycles. The van der Waals surface area contributed by atoms with Crippen LogP contribution in [0.4, 0.5) is 13.2 Å². The molecule has 3 heterocycles. The maximum atomic E-state index is 13.5. The molecule has 0 spiro atoms. The molecule has 0 bridgehead atoms. The Bertz CT molecular complexity index is 1180. The summed E-state index contributed by atoms with van der Waals surface area (Å²) in [4.78, 5) is 15.0. The zero-order valence-corrected chi connectivity index (χ0v) is 18.9. The van der Waals surface area contributed by atoms with Crippen molar-refractivity contribution < 1.29 is 26.4 Å². The summed E-state index contributed by atoms with van der Waals surface area (Å²) in [6.07, 6.45) is -1.54. The summed E-state index contributed by atoms with van der Waals surface area (Å²) in [6.45, 7) is 1.41. The van der Waals surface area contributed by atoms with E-state index in [0.29, 0.717) is 50.0 Å². The largest absolute Gasteiger partial charge is 0.416 e. The molecule has 2 aromatic rings. The first-order chi connectivity index (χ1) is 15.5. The lowest BCUT2D eigenvalue weighted by Gasteiger charge is -2.25. The van der Waals surface area contributed by atoms with E-state index in [0.717, 1.165) is 18.0 Å². The molecule has 2 atom stereocenters. The number of aromatic amines is 1. The molecule has 1 amide bonds. The van der Waals surface area contributed by atoms with Gasteiger partial charge in [0.2, 0.25) is 10.0 Å². The maximum Gasteiger partial charge on any atom is 0.416 e. The van der Waals surface area contributed by atoms with Crippen molar-refractivity contribution in [3.63, 3.8) is 0 Å². The molecule has 1 saturated carbocycles. The molecule has 1 N–H and O–H groups in total. The summed E-state index contributed by atoms with van der Waals surface area (Å²) < 4.78 is 65.6. The number of halogens is 3. The number of rotatable bonds is 3. The van der Waals surface area contributed by atoms with Gasteiger partial charge in [-0.1, -0.05) is 18.2 Å². The molecule has 1 saturated heterocycles. The monoisotopic (exact) mass is 482 g/mol. The number of amides is 1. The highest BCUT2D eigenvalue weighted by molar-refractivity contribution is 7.88. The third kappa shape index (κ3) is 4.05. The lowest BCUT2D eigenvalue weighted by molar-refractivity contribution is -0.138. The second-order valence-corrected chi connectivity index (χ2v) is 11.3. The van der Waals surface area contributed by atoms with Crippen LogP contribution in [0.2, 0.25) is 0 Å². The van der Waals surface area contributed by atoms with Gasteiger partial charge in [-0.2, -0.15) is 22.6 Å². The first-order valence-corrected chi connectivity index (χ1v) is 12.8. The van der Waals surface area contributed by atoms with E-state index in [9.17, 15) is 26.4 Å². The Morgan fingerprint density at radius 3 is 2.45 bits per heavy atom. The van der Waals surface area contributed by atoms with Crippen LogP contribution in [0.5, 0.6) is 0 Å². The number of hydrogen-bond donors (Lipinski definition) is 1. The van der Waals surface area contributed by atoms with E-state index in [1.165, 1.54) is 10.4 Å². The molecular weight excluding hydrogens is 457 g/mol. The number of nitrogens with one attached hydrogen (secondary N) is 1. The number of hydrogen-bond acceptors (Lipinski definition) is 4. The summed E-state index contributed by atoms with van der Waals surface area (Å²) in [5.41, 5.74) is 1.42. The van der Waals surface area contributed by atoms with Gasteiger partial charge in [0, 0.05) is 43.9 Å². The van der Waals surface area contributed by atoms with Gasteiger partial charge in [0.05, 0.1) is 11.8 Å². The number of benzene rings is 1. The highest BCUT2D eigenvalue weighted by Crippen LogP contribution is 2.49. The maximum absolute atomic E-state index is 13.5. The molecule has 11 heteroatoms. The Kier molecular flexibility index (Phi) is 5.32. The molecule has 1 aromatic heterocycles. The van der Waals surface area contributed by atoms with Gasteiger partial charge in [0.1, 0.15) is 0 Å². The van der Waals surface area contributed by atoms with Gasteiger partial charge in [-0.25, -0.2) is 8.42 Å². The standard InChI is InChI=1S/C22H25F3N4O3S/c1-33(31,32)29-7-6-19-17(12-29)20(27-26-19)21(30)28-10-14-8-13(9-15(14)11-28)16-4-2-3-5-18(16)22(23,24)25/h2-5,13-15H,6-12H2,1H3,(H,26,27). The molecule has 33 heavy (non-hydrogen) atoms. The van der Waals surface area contributed by atoms with Crippen molar-refractivity contribution in [2.45, 2.75) is 37.9 Å². The van der Waals surface area contributed by atoms with Gasteiger partial charge in [0.25, 0.3) is 5.91 Å². The first-order valence-electron chi connectivity index (χ1n) is 11.0. The SMILES string of the molecule is CS(=O)(=O)N1CCc2[nH]nc(C(=O)N3CC4CC(c5ccccc5C(F)(F)F)CC4C3)c2C1. The minimum atomic E-state index is -4.38. The molecule has 5 rings (SSSR count). The predicted molar refractivity (Wildman–Crippen MR) is 114 cm³/mol. The van der Waals surface area contributed by atoms with E-state index >= 15 is 0 Å². The fourth-order valence-electron chi connectivity index (χ4n) is 5.71. The number of carbonyl (C=O) groups excluding carboxylic acids is 1. The van der Waals surface area contributed by atoms with E-state index in [4.69, 9.17) is 0 Å². The molecule has 2 fully saturated rings. The number of fused-ring (bicyclic) bond motifs is 2. The molecular formula is C22H25F3N4O3S. The van der Waals surface area contributed by atoms with Crippen LogP contribution in [0.25, 0.3) is 0 Å². The van der Waals surface area contributed by atoms with Crippen molar-refractivity contribution in [2.24, 2.45) is 11.8 Å². The van der Waals surface area contributed by atoms with E-state index in [1.807, 2.05) is 0 Å². The fourth-order valence-corrected chi connectivity index (χ4v) is 6.50. The molecule has 7 nitrogen and oxygen atoms in total.